The van der Waals surface area contributed by atoms with E-state index >= 15 is 0 Å². The molecule has 0 radical (unpaired) electrons. The number of ether oxygens (including phenoxy) is 6. The molecule has 5 atom stereocenters. The molecule has 3 fully saturated rings. The predicted molar refractivity (Wildman–Crippen MR) is 74.3 cm³/mol. The molecule has 9 heteroatoms. The van der Waals surface area contributed by atoms with Gasteiger partial charge in [-0.3, -0.25) is 0 Å². The van der Waals surface area contributed by atoms with Crippen LogP contribution in [0.2, 0.25) is 0 Å². The first kappa shape index (κ1) is 16.4. The van der Waals surface area contributed by atoms with E-state index in [0.29, 0.717) is 0 Å². The minimum atomic E-state index is -0.791. The molecule has 3 rings (SSSR count). The van der Waals surface area contributed by atoms with Gasteiger partial charge in [-0.25, -0.2) is 0 Å². The Morgan fingerprint density at radius 2 is 1.70 bits per heavy atom. The lowest BCUT2D eigenvalue weighted by atomic mass is 9.99. The molecule has 3 aliphatic rings. The Balaban J connectivity index is 1.76. The van der Waals surface area contributed by atoms with Crippen LogP contribution in [-0.2, 0) is 28.4 Å². The highest BCUT2D eigenvalue weighted by Crippen LogP contribution is 2.44. The molecule has 23 heavy (non-hydrogen) atoms. The summed E-state index contributed by atoms with van der Waals surface area (Å²) < 4.78 is 34.4. The van der Waals surface area contributed by atoms with Crippen LogP contribution in [0, 0.1) is 5.39 Å². The monoisotopic (exact) mass is 329 g/mol. The van der Waals surface area contributed by atoms with Crippen LogP contribution in [0.4, 0.5) is 0 Å². The second-order valence-electron chi connectivity index (χ2n) is 6.60. The summed E-state index contributed by atoms with van der Waals surface area (Å²) >= 11 is 0. The van der Waals surface area contributed by atoms with Gasteiger partial charge in [-0.2, -0.15) is 0 Å². The number of hydrogen-bond acceptors (Lipinski definition) is 8. The van der Waals surface area contributed by atoms with Crippen molar-refractivity contribution in [1.82, 2.24) is 0 Å². The lowest BCUT2D eigenvalue weighted by molar-refractivity contribution is -0.242. The standard InChI is InChI=1S/C14H20N2O7/c1-13(2)20-9-7(6-18-8(17)5-16-15)19-12-11(10(9)21-13)22-14(3,4)23-12/h5,7,9-12H,6H2,1-4H3/p+1/b8-5+. The van der Waals surface area contributed by atoms with E-state index in [1.807, 2.05) is 0 Å². The molecule has 128 valence electrons. The highest BCUT2D eigenvalue weighted by atomic mass is 16.9. The van der Waals surface area contributed by atoms with Crippen LogP contribution in [0.3, 0.4) is 0 Å². The average molecular weight is 329 g/mol. The van der Waals surface area contributed by atoms with Crippen molar-refractivity contribution < 1.29 is 33.5 Å². The molecule has 0 spiro atoms. The molecule has 0 amide bonds. The van der Waals surface area contributed by atoms with Crippen LogP contribution in [0.5, 0.6) is 0 Å². The van der Waals surface area contributed by atoms with Crippen molar-refractivity contribution in [2.75, 3.05) is 6.61 Å². The summed E-state index contributed by atoms with van der Waals surface area (Å²) in [4.78, 5) is 2.68. The summed E-state index contributed by atoms with van der Waals surface area (Å²) in [6, 6.07) is 0. The van der Waals surface area contributed by atoms with Gasteiger partial charge in [0.2, 0.25) is 5.39 Å². The van der Waals surface area contributed by atoms with Gasteiger partial charge in [-0.05, 0) is 27.7 Å². The highest BCUT2D eigenvalue weighted by molar-refractivity contribution is 5.00. The molecule has 5 unspecified atom stereocenters. The summed E-state index contributed by atoms with van der Waals surface area (Å²) in [5, 5.41) is 17.8. The number of fused-ring (bicyclic) bond motifs is 3. The molecule has 0 bridgehead atoms. The largest absolute Gasteiger partial charge is 0.476 e. The zero-order chi connectivity index (χ0) is 16.8. The van der Waals surface area contributed by atoms with Crippen molar-refractivity contribution in [3.05, 3.63) is 17.1 Å². The molecule has 0 aromatic carbocycles. The molecule has 0 aromatic rings. The predicted octanol–water partition coefficient (Wildman–Crippen LogP) is 1.61. The highest BCUT2D eigenvalue weighted by Gasteiger charge is 2.60. The normalized spacial score (nSPS) is 41.0. The smallest absolute Gasteiger partial charge is 0.429 e. The molecule has 9 nitrogen and oxygen atoms in total. The minimum Gasteiger partial charge on any atom is -0.476 e. The third-order valence-corrected chi connectivity index (χ3v) is 3.81. The molecule has 3 aliphatic heterocycles. The summed E-state index contributed by atoms with van der Waals surface area (Å²) in [6.07, 6.45) is -1.63. The van der Waals surface area contributed by atoms with Crippen molar-refractivity contribution in [3.63, 3.8) is 0 Å². The van der Waals surface area contributed by atoms with Gasteiger partial charge < -0.3 is 33.5 Å². The maximum atomic E-state index is 9.40. The fraction of sp³-hybridized carbons (Fsp3) is 0.857. The van der Waals surface area contributed by atoms with Crippen LogP contribution in [0.1, 0.15) is 27.7 Å². The maximum Gasteiger partial charge on any atom is 0.429 e. The van der Waals surface area contributed by atoms with E-state index in [2.05, 4.69) is 4.98 Å². The van der Waals surface area contributed by atoms with Gasteiger partial charge in [0, 0.05) is 0 Å². The maximum absolute atomic E-state index is 9.40. The van der Waals surface area contributed by atoms with E-state index < -0.39 is 42.1 Å². The quantitative estimate of drug-likeness (QED) is 0.615. The molecule has 3 heterocycles. The van der Waals surface area contributed by atoms with Crippen molar-refractivity contribution >= 4 is 0 Å². The zero-order valence-electron chi connectivity index (χ0n) is 13.5. The lowest BCUT2D eigenvalue weighted by Crippen LogP contribution is -2.56. The number of aliphatic hydroxyl groups is 1. The van der Waals surface area contributed by atoms with Gasteiger partial charge in [0.15, 0.2) is 22.8 Å². The van der Waals surface area contributed by atoms with Crippen LogP contribution in [0.15, 0.2) is 12.1 Å². The summed E-state index contributed by atoms with van der Waals surface area (Å²) in [5.74, 6) is -2.11. The third kappa shape index (κ3) is 3.27. The Morgan fingerprint density at radius 3 is 2.39 bits per heavy atom. The van der Waals surface area contributed by atoms with Crippen LogP contribution in [0.25, 0.3) is 4.98 Å². The van der Waals surface area contributed by atoms with Gasteiger partial charge in [0.25, 0.3) is 0 Å². The summed E-state index contributed by atoms with van der Waals surface area (Å²) in [5.41, 5.74) is 0. The number of nitrogens with zero attached hydrogens (tertiary/aromatic N) is 2. The molecule has 3 saturated heterocycles. The number of rotatable bonds is 3. The van der Waals surface area contributed by atoms with Crippen LogP contribution in [-0.4, -0.2) is 54.0 Å². The third-order valence-electron chi connectivity index (χ3n) is 3.81. The Hall–Kier alpha value is -1.44. The second kappa shape index (κ2) is 5.58. The van der Waals surface area contributed by atoms with Gasteiger partial charge >= 0.3 is 12.1 Å². The van der Waals surface area contributed by atoms with E-state index in [4.69, 9.17) is 33.8 Å². The van der Waals surface area contributed by atoms with Gasteiger partial charge in [0.05, 0.1) is 0 Å². The summed E-state index contributed by atoms with van der Waals surface area (Å²) in [7, 11) is 0. The zero-order valence-corrected chi connectivity index (χ0v) is 13.5. The second-order valence-corrected chi connectivity index (χ2v) is 6.60. The van der Waals surface area contributed by atoms with E-state index in [1.165, 1.54) is 0 Å². The fourth-order valence-corrected chi connectivity index (χ4v) is 3.08. The molecular weight excluding hydrogens is 308 g/mol. The topological polar surface area (TPSA) is 104 Å². The fourth-order valence-electron chi connectivity index (χ4n) is 3.08. The van der Waals surface area contributed by atoms with E-state index in [-0.39, 0.29) is 12.7 Å². The summed E-state index contributed by atoms with van der Waals surface area (Å²) in [6.45, 7) is 7.19. The van der Waals surface area contributed by atoms with Gasteiger partial charge in [-0.1, -0.05) is 0 Å². The van der Waals surface area contributed by atoms with Gasteiger partial charge in [0.1, 0.15) is 31.0 Å². The first-order valence-electron chi connectivity index (χ1n) is 7.44. The van der Waals surface area contributed by atoms with E-state index in [1.54, 1.807) is 27.7 Å². The Bertz CT molecular complexity index is 542. The first-order valence-corrected chi connectivity index (χ1v) is 7.44. The first-order chi connectivity index (χ1) is 10.7. The van der Waals surface area contributed by atoms with Crippen molar-refractivity contribution in [2.24, 2.45) is 0 Å². The number of aliphatic hydroxyl groups excluding tert-OH is 1. The van der Waals surface area contributed by atoms with Crippen molar-refractivity contribution in [3.8, 4) is 0 Å². The van der Waals surface area contributed by atoms with E-state index in [9.17, 15) is 5.11 Å². The van der Waals surface area contributed by atoms with Crippen LogP contribution < -0.4 is 0 Å². The molecular formula is C14H21N2O7+. The minimum absolute atomic E-state index is 0.0224. The number of diazo groups is 1. The number of hydrogen-bond donors (Lipinski definition) is 1. The average Bonchev–Trinajstić information content (AvgIpc) is 2.90. The molecule has 1 N–H and O–H groups in total. The van der Waals surface area contributed by atoms with Crippen molar-refractivity contribution in [2.45, 2.75) is 70.0 Å². The SMILES string of the molecule is CC1(C)OC2OC(CO/C(O)=C/[N+]#N)C3OC(C)(C)OC3C2O1. The molecule has 0 aliphatic carbocycles. The molecule has 0 saturated carbocycles. The van der Waals surface area contributed by atoms with Crippen LogP contribution >= 0.6 is 0 Å². The Labute approximate surface area is 133 Å². The van der Waals surface area contributed by atoms with Crippen molar-refractivity contribution in [1.29, 1.82) is 5.39 Å². The Kier molecular flexibility index (Phi) is 3.98. The van der Waals surface area contributed by atoms with E-state index in [0.717, 1.165) is 6.20 Å². The lowest BCUT2D eigenvalue weighted by Gasteiger charge is -2.36. The van der Waals surface area contributed by atoms with Gasteiger partial charge in [-0.15, -0.1) is 0 Å². The molecule has 0 aromatic heterocycles. The Morgan fingerprint density at radius 1 is 1.09 bits per heavy atom.